The molecule has 2 aromatic rings. The van der Waals surface area contributed by atoms with Gasteiger partial charge in [-0.1, -0.05) is 25.1 Å². The van der Waals surface area contributed by atoms with Crippen LogP contribution in [-0.2, 0) is 6.42 Å². The molecule has 1 aromatic heterocycles. The highest BCUT2D eigenvalue weighted by Crippen LogP contribution is 2.37. The van der Waals surface area contributed by atoms with E-state index in [0.717, 1.165) is 12.0 Å². The van der Waals surface area contributed by atoms with Crippen LogP contribution < -0.4 is 0 Å². The quantitative estimate of drug-likeness (QED) is 0.736. The van der Waals surface area contributed by atoms with Crippen molar-refractivity contribution in [2.45, 2.75) is 20.3 Å². The fourth-order valence-corrected chi connectivity index (χ4v) is 3.43. The molecule has 1 atom stereocenters. The Hall–Kier alpha value is -1.41. The van der Waals surface area contributed by atoms with Gasteiger partial charge in [-0.25, -0.2) is 0 Å². The molecule has 1 nitrogen and oxygen atoms in total. The molecule has 0 saturated heterocycles. The normalized spacial score (nSPS) is 18.5. The molecule has 0 radical (unpaired) electrons. The lowest BCUT2D eigenvalue weighted by Gasteiger charge is -2.05. The van der Waals surface area contributed by atoms with E-state index < -0.39 is 0 Å². The van der Waals surface area contributed by atoms with E-state index in [4.69, 9.17) is 0 Å². The van der Waals surface area contributed by atoms with Gasteiger partial charge in [-0.05, 0) is 36.6 Å². The van der Waals surface area contributed by atoms with Crippen molar-refractivity contribution in [1.29, 1.82) is 0 Å². The fraction of sp³-hybridized carbons (Fsp3) is 0.267. The summed E-state index contributed by atoms with van der Waals surface area (Å²) in [5.74, 6) is 0.447. The first-order valence-corrected chi connectivity index (χ1v) is 6.71. The van der Waals surface area contributed by atoms with Crippen molar-refractivity contribution in [2.75, 3.05) is 0 Å². The molecule has 0 N–H and O–H groups in total. The average molecular weight is 242 g/mol. The van der Waals surface area contributed by atoms with Gasteiger partial charge >= 0.3 is 0 Å². The lowest BCUT2D eigenvalue weighted by Crippen LogP contribution is -2.02. The second kappa shape index (κ2) is 3.81. The Morgan fingerprint density at radius 2 is 1.94 bits per heavy atom. The highest BCUT2D eigenvalue weighted by molar-refractivity contribution is 7.15. The van der Waals surface area contributed by atoms with Crippen molar-refractivity contribution in [2.24, 2.45) is 5.92 Å². The predicted octanol–water partition coefficient (Wildman–Crippen LogP) is 4.10. The Kier molecular flexibility index (Phi) is 2.40. The molecule has 17 heavy (non-hydrogen) atoms. The van der Waals surface area contributed by atoms with Gasteiger partial charge in [-0.2, -0.15) is 0 Å². The van der Waals surface area contributed by atoms with Gasteiger partial charge in [-0.3, -0.25) is 4.79 Å². The summed E-state index contributed by atoms with van der Waals surface area (Å²) in [5.41, 5.74) is 3.42. The molecule has 1 aliphatic rings. The molecule has 2 heteroatoms. The topological polar surface area (TPSA) is 17.1 Å². The zero-order valence-electron chi connectivity index (χ0n) is 9.99. The van der Waals surface area contributed by atoms with E-state index in [1.807, 2.05) is 19.1 Å². The van der Waals surface area contributed by atoms with Crippen LogP contribution in [0.5, 0.6) is 0 Å². The number of Topliss-reactive ketones (excluding diaryl/α,β-unsaturated/α-hetero) is 1. The number of hydrogen-bond acceptors (Lipinski definition) is 2. The van der Waals surface area contributed by atoms with Crippen molar-refractivity contribution in [3.63, 3.8) is 0 Å². The lowest BCUT2D eigenvalue weighted by atomic mass is 10.0. The molecule has 1 aliphatic carbocycles. The number of fused-ring (bicyclic) bond motifs is 1. The summed E-state index contributed by atoms with van der Waals surface area (Å²) < 4.78 is 0. The summed E-state index contributed by atoms with van der Waals surface area (Å²) in [6.07, 6.45) is 0.890. The van der Waals surface area contributed by atoms with Crippen LogP contribution in [0.2, 0.25) is 0 Å². The van der Waals surface area contributed by atoms with Crippen LogP contribution in [0.25, 0.3) is 10.4 Å². The molecule has 0 bridgehead atoms. The minimum absolute atomic E-state index is 0.146. The maximum atomic E-state index is 12.0. The van der Waals surface area contributed by atoms with E-state index in [-0.39, 0.29) is 5.92 Å². The standard InChI is InChI=1S/C15H14OS/c1-9-8-13-11(14-7-6-10(2)17-14)4-3-5-12(13)15(9)16/h3-7,9H,8H2,1-2H3. The number of thiophene rings is 1. The third kappa shape index (κ3) is 1.64. The van der Waals surface area contributed by atoms with Crippen LogP contribution in [0.4, 0.5) is 0 Å². The average Bonchev–Trinajstić information content (AvgIpc) is 2.85. The highest BCUT2D eigenvalue weighted by atomic mass is 32.1. The Morgan fingerprint density at radius 1 is 1.18 bits per heavy atom. The number of carbonyl (C=O) groups excluding carboxylic acids is 1. The van der Waals surface area contributed by atoms with E-state index in [0.29, 0.717) is 5.78 Å². The monoisotopic (exact) mass is 242 g/mol. The Bertz CT molecular complexity index is 595. The maximum Gasteiger partial charge on any atom is 0.166 e. The van der Waals surface area contributed by atoms with Gasteiger partial charge in [-0.15, -0.1) is 11.3 Å². The summed E-state index contributed by atoms with van der Waals surface area (Å²) in [6.45, 7) is 4.14. The first kappa shape index (κ1) is 10.7. The Balaban J connectivity index is 2.18. The molecular weight excluding hydrogens is 228 g/mol. The second-order valence-electron chi connectivity index (χ2n) is 4.71. The van der Waals surface area contributed by atoms with Crippen molar-refractivity contribution in [3.05, 3.63) is 46.3 Å². The molecule has 0 fully saturated rings. The third-order valence-corrected chi connectivity index (χ3v) is 4.44. The van der Waals surface area contributed by atoms with Crippen LogP contribution in [-0.4, -0.2) is 5.78 Å². The Labute approximate surface area is 105 Å². The third-order valence-electron chi connectivity index (χ3n) is 3.41. The van der Waals surface area contributed by atoms with Crippen molar-refractivity contribution in [3.8, 4) is 10.4 Å². The number of ketones is 1. The van der Waals surface area contributed by atoms with Gasteiger partial charge in [0.15, 0.2) is 5.78 Å². The SMILES string of the molecule is Cc1ccc(-c2cccc3c2CC(C)C3=O)s1. The largest absolute Gasteiger partial charge is 0.294 e. The van der Waals surface area contributed by atoms with E-state index in [1.165, 1.54) is 20.9 Å². The zero-order valence-corrected chi connectivity index (χ0v) is 10.8. The minimum Gasteiger partial charge on any atom is -0.294 e. The molecule has 3 rings (SSSR count). The van der Waals surface area contributed by atoms with E-state index in [9.17, 15) is 4.79 Å². The van der Waals surface area contributed by atoms with Crippen LogP contribution in [0.1, 0.15) is 27.7 Å². The zero-order chi connectivity index (χ0) is 12.0. The van der Waals surface area contributed by atoms with Crippen LogP contribution >= 0.6 is 11.3 Å². The molecule has 86 valence electrons. The Morgan fingerprint density at radius 3 is 2.65 bits per heavy atom. The molecule has 0 spiro atoms. The second-order valence-corrected chi connectivity index (χ2v) is 6.00. The van der Waals surface area contributed by atoms with Crippen LogP contribution in [0, 0.1) is 12.8 Å². The van der Waals surface area contributed by atoms with Crippen LogP contribution in [0.15, 0.2) is 30.3 Å². The number of aryl methyl sites for hydroxylation is 1. The van der Waals surface area contributed by atoms with Crippen molar-refractivity contribution < 1.29 is 4.79 Å². The van der Waals surface area contributed by atoms with Gasteiger partial charge in [0.2, 0.25) is 0 Å². The summed E-state index contributed by atoms with van der Waals surface area (Å²) in [4.78, 5) is 14.6. The number of hydrogen-bond donors (Lipinski definition) is 0. The van der Waals surface area contributed by atoms with E-state index in [1.54, 1.807) is 11.3 Å². The summed E-state index contributed by atoms with van der Waals surface area (Å²) >= 11 is 1.80. The summed E-state index contributed by atoms with van der Waals surface area (Å²) in [5, 5.41) is 0. The molecule has 0 saturated carbocycles. The van der Waals surface area contributed by atoms with Gasteiger partial charge < -0.3 is 0 Å². The molecule has 0 amide bonds. The van der Waals surface area contributed by atoms with E-state index >= 15 is 0 Å². The molecule has 0 aliphatic heterocycles. The van der Waals surface area contributed by atoms with Gasteiger partial charge in [0.1, 0.15) is 0 Å². The number of rotatable bonds is 1. The maximum absolute atomic E-state index is 12.0. The predicted molar refractivity (Wildman–Crippen MR) is 71.7 cm³/mol. The first-order chi connectivity index (χ1) is 8.16. The summed E-state index contributed by atoms with van der Waals surface area (Å²) in [6, 6.07) is 10.4. The smallest absolute Gasteiger partial charge is 0.166 e. The van der Waals surface area contributed by atoms with Gasteiger partial charge in [0.25, 0.3) is 0 Å². The van der Waals surface area contributed by atoms with Crippen molar-refractivity contribution in [1.82, 2.24) is 0 Å². The van der Waals surface area contributed by atoms with Crippen molar-refractivity contribution >= 4 is 17.1 Å². The van der Waals surface area contributed by atoms with Crippen LogP contribution in [0.3, 0.4) is 0 Å². The molecule has 1 heterocycles. The molecule has 1 aromatic carbocycles. The highest BCUT2D eigenvalue weighted by Gasteiger charge is 2.29. The molecular formula is C15H14OS. The fourth-order valence-electron chi connectivity index (χ4n) is 2.51. The summed E-state index contributed by atoms with van der Waals surface area (Å²) in [7, 11) is 0. The number of carbonyl (C=O) groups is 1. The number of benzene rings is 1. The first-order valence-electron chi connectivity index (χ1n) is 5.89. The van der Waals surface area contributed by atoms with E-state index in [2.05, 4.69) is 25.1 Å². The lowest BCUT2D eigenvalue weighted by molar-refractivity contribution is 0.0946. The minimum atomic E-state index is 0.146. The molecule has 1 unspecified atom stereocenters. The van der Waals surface area contributed by atoms with Gasteiger partial charge in [0.05, 0.1) is 0 Å². The van der Waals surface area contributed by atoms with Gasteiger partial charge in [0, 0.05) is 21.2 Å².